The average Bonchev–Trinajstić information content (AvgIpc) is 2.81. The minimum Gasteiger partial charge on any atom is -0.347 e. The summed E-state index contributed by atoms with van der Waals surface area (Å²) in [5, 5.41) is 5.55. The lowest BCUT2D eigenvalue weighted by Gasteiger charge is -2.34. The van der Waals surface area contributed by atoms with Crippen LogP contribution in [0.4, 0.5) is 4.79 Å². The third kappa shape index (κ3) is 4.21. The standard InChI is InChI=1S/C15H26N2O3/c1-11(2)8-16-14(18)17-9-13-10-19-15(20-13)6-4-12(3)5-7-15/h12-13H,1,4-10H2,2-3H3,(H2,16,17,18). The summed E-state index contributed by atoms with van der Waals surface area (Å²) in [7, 11) is 0. The lowest BCUT2D eigenvalue weighted by atomic mass is 9.86. The highest BCUT2D eigenvalue weighted by molar-refractivity contribution is 5.74. The largest absolute Gasteiger partial charge is 0.347 e. The van der Waals surface area contributed by atoms with Crippen LogP contribution in [0.1, 0.15) is 39.5 Å². The maximum Gasteiger partial charge on any atom is 0.315 e. The number of nitrogens with one attached hydrogen (secondary N) is 2. The third-order valence-electron chi connectivity index (χ3n) is 3.99. The fraction of sp³-hybridized carbons (Fsp3) is 0.800. The number of carbonyl (C=O) groups is 1. The van der Waals surface area contributed by atoms with Gasteiger partial charge in [-0.15, -0.1) is 0 Å². The van der Waals surface area contributed by atoms with Crippen molar-refractivity contribution in [2.24, 2.45) is 5.92 Å². The summed E-state index contributed by atoms with van der Waals surface area (Å²) in [6, 6.07) is -0.185. The van der Waals surface area contributed by atoms with E-state index in [0.29, 0.717) is 19.7 Å². The predicted molar refractivity (Wildman–Crippen MR) is 77.4 cm³/mol. The summed E-state index contributed by atoms with van der Waals surface area (Å²) in [6.07, 6.45) is 4.19. The molecule has 20 heavy (non-hydrogen) atoms. The van der Waals surface area contributed by atoms with E-state index in [1.807, 2.05) is 6.92 Å². The van der Waals surface area contributed by atoms with Crippen molar-refractivity contribution in [1.29, 1.82) is 0 Å². The van der Waals surface area contributed by atoms with E-state index in [-0.39, 0.29) is 17.9 Å². The van der Waals surface area contributed by atoms with Crippen LogP contribution in [0.3, 0.4) is 0 Å². The van der Waals surface area contributed by atoms with Crippen LogP contribution >= 0.6 is 0 Å². The lowest BCUT2D eigenvalue weighted by molar-refractivity contribution is -0.191. The minimum absolute atomic E-state index is 0.0426. The molecule has 1 aliphatic heterocycles. The Kier molecular flexibility index (Phi) is 5.05. The zero-order valence-corrected chi connectivity index (χ0v) is 12.5. The second-order valence-corrected chi connectivity index (χ2v) is 6.16. The van der Waals surface area contributed by atoms with Crippen LogP contribution in [-0.4, -0.2) is 37.6 Å². The first kappa shape index (κ1) is 15.3. The quantitative estimate of drug-likeness (QED) is 0.777. The fourth-order valence-corrected chi connectivity index (χ4v) is 2.68. The molecule has 2 aliphatic rings. The van der Waals surface area contributed by atoms with Gasteiger partial charge in [-0.2, -0.15) is 0 Å². The van der Waals surface area contributed by atoms with Crippen molar-refractivity contribution in [2.75, 3.05) is 19.7 Å². The van der Waals surface area contributed by atoms with Crippen LogP contribution in [0.25, 0.3) is 0 Å². The third-order valence-corrected chi connectivity index (χ3v) is 3.99. The maximum absolute atomic E-state index is 11.6. The van der Waals surface area contributed by atoms with Gasteiger partial charge in [0.2, 0.25) is 0 Å². The minimum atomic E-state index is -0.382. The predicted octanol–water partition coefficient (Wildman–Crippen LogP) is 2.18. The number of ether oxygens (including phenoxy) is 2. The molecule has 1 unspecified atom stereocenters. The van der Waals surface area contributed by atoms with Crippen LogP contribution in [0, 0.1) is 5.92 Å². The SMILES string of the molecule is C=C(C)CNC(=O)NCC1COC2(CCC(C)CC2)O1. The van der Waals surface area contributed by atoms with Crippen molar-refractivity contribution in [3.05, 3.63) is 12.2 Å². The van der Waals surface area contributed by atoms with E-state index in [4.69, 9.17) is 9.47 Å². The number of hydrogen-bond acceptors (Lipinski definition) is 3. The molecule has 5 nitrogen and oxygen atoms in total. The lowest BCUT2D eigenvalue weighted by Crippen LogP contribution is -2.42. The summed E-state index contributed by atoms with van der Waals surface area (Å²) >= 11 is 0. The van der Waals surface area contributed by atoms with E-state index in [9.17, 15) is 4.79 Å². The van der Waals surface area contributed by atoms with Gasteiger partial charge in [0, 0.05) is 25.9 Å². The highest BCUT2D eigenvalue weighted by atomic mass is 16.7. The monoisotopic (exact) mass is 282 g/mol. The van der Waals surface area contributed by atoms with Crippen molar-refractivity contribution < 1.29 is 14.3 Å². The average molecular weight is 282 g/mol. The van der Waals surface area contributed by atoms with Gasteiger partial charge in [0.1, 0.15) is 6.10 Å². The summed E-state index contributed by atoms with van der Waals surface area (Å²) in [5.74, 6) is 0.380. The van der Waals surface area contributed by atoms with Gasteiger partial charge in [-0.1, -0.05) is 19.1 Å². The van der Waals surface area contributed by atoms with Gasteiger partial charge in [0.05, 0.1) is 6.61 Å². The number of amides is 2. The maximum atomic E-state index is 11.6. The van der Waals surface area contributed by atoms with Crippen molar-refractivity contribution >= 4 is 6.03 Å². The Morgan fingerprint density at radius 2 is 2.05 bits per heavy atom. The molecule has 1 aliphatic carbocycles. The van der Waals surface area contributed by atoms with Gasteiger partial charge in [-0.05, 0) is 25.7 Å². The van der Waals surface area contributed by atoms with E-state index < -0.39 is 0 Å². The highest BCUT2D eigenvalue weighted by Crippen LogP contribution is 2.39. The van der Waals surface area contributed by atoms with Crippen LogP contribution in [0.2, 0.25) is 0 Å². The van der Waals surface area contributed by atoms with Crippen LogP contribution < -0.4 is 10.6 Å². The van der Waals surface area contributed by atoms with E-state index in [2.05, 4.69) is 24.1 Å². The summed E-state index contributed by atoms with van der Waals surface area (Å²) in [4.78, 5) is 11.6. The van der Waals surface area contributed by atoms with Crippen molar-refractivity contribution in [3.8, 4) is 0 Å². The molecule has 0 aromatic heterocycles. The first-order valence-corrected chi connectivity index (χ1v) is 7.47. The molecule has 1 saturated heterocycles. The molecule has 114 valence electrons. The van der Waals surface area contributed by atoms with Crippen LogP contribution in [0.15, 0.2) is 12.2 Å². The van der Waals surface area contributed by atoms with Crippen molar-refractivity contribution in [2.45, 2.75) is 51.4 Å². The van der Waals surface area contributed by atoms with Gasteiger partial charge in [-0.25, -0.2) is 4.79 Å². The molecule has 0 radical (unpaired) electrons. The van der Waals surface area contributed by atoms with Gasteiger partial charge >= 0.3 is 6.03 Å². The molecule has 0 aromatic carbocycles. The molecule has 5 heteroatoms. The Labute approximate surface area is 121 Å². The topological polar surface area (TPSA) is 59.6 Å². The second kappa shape index (κ2) is 6.59. The molecular weight excluding hydrogens is 256 g/mol. The normalized spacial score (nSPS) is 33.1. The summed E-state index contributed by atoms with van der Waals surface area (Å²) in [5.41, 5.74) is 0.927. The first-order chi connectivity index (χ1) is 9.49. The fourth-order valence-electron chi connectivity index (χ4n) is 2.68. The zero-order valence-electron chi connectivity index (χ0n) is 12.5. The van der Waals surface area contributed by atoms with E-state index in [1.165, 1.54) is 0 Å². The molecule has 0 bridgehead atoms. The summed E-state index contributed by atoms with van der Waals surface area (Å²) < 4.78 is 11.9. The van der Waals surface area contributed by atoms with Gasteiger partial charge in [0.25, 0.3) is 0 Å². The Morgan fingerprint density at radius 3 is 2.70 bits per heavy atom. The molecule has 0 aromatic rings. The highest BCUT2D eigenvalue weighted by Gasteiger charge is 2.43. The van der Waals surface area contributed by atoms with E-state index >= 15 is 0 Å². The molecule has 2 N–H and O–H groups in total. The van der Waals surface area contributed by atoms with Crippen molar-refractivity contribution in [3.63, 3.8) is 0 Å². The van der Waals surface area contributed by atoms with E-state index in [1.54, 1.807) is 0 Å². The molecule has 1 spiro atoms. The number of urea groups is 1. The molecular formula is C15H26N2O3. The van der Waals surface area contributed by atoms with Crippen molar-refractivity contribution in [1.82, 2.24) is 10.6 Å². The Bertz CT molecular complexity index is 362. The molecule has 2 amide bonds. The zero-order chi connectivity index (χ0) is 14.6. The Balaban J connectivity index is 1.68. The second-order valence-electron chi connectivity index (χ2n) is 6.16. The van der Waals surface area contributed by atoms with Crippen LogP contribution in [-0.2, 0) is 9.47 Å². The van der Waals surface area contributed by atoms with Gasteiger partial charge in [0.15, 0.2) is 5.79 Å². The number of carbonyl (C=O) groups excluding carboxylic acids is 1. The van der Waals surface area contributed by atoms with Crippen LogP contribution in [0.5, 0.6) is 0 Å². The molecule has 2 rings (SSSR count). The Morgan fingerprint density at radius 1 is 1.35 bits per heavy atom. The van der Waals surface area contributed by atoms with Gasteiger partial charge < -0.3 is 20.1 Å². The Hall–Kier alpha value is -1.07. The van der Waals surface area contributed by atoms with Gasteiger partial charge in [-0.3, -0.25) is 0 Å². The molecule has 2 fully saturated rings. The molecule has 1 saturated carbocycles. The smallest absolute Gasteiger partial charge is 0.315 e. The van der Waals surface area contributed by atoms with E-state index in [0.717, 1.165) is 37.2 Å². The molecule has 1 heterocycles. The summed E-state index contributed by atoms with van der Waals surface area (Å²) in [6.45, 7) is 9.43. The molecule has 1 atom stereocenters. The first-order valence-electron chi connectivity index (χ1n) is 7.47. The number of hydrogen-bond donors (Lipinski definition) is 2. The number of rotatable bonds is 4.